The van der Waals surface area contributed by atoms with Gasteiger partial charge in [-0.25, -0.2) is 0 Å². The molecule has 1 saturated heterocycles. The van der Waals surface area contributed by atoms with Crippen LogP contribution in [0.5, 0.6) is 0 Å². The lowest BCUT2D eigenvalue weighted by Crippen LogP contribution is -2.52. The van der Waals surface area contributed by atoms with Crippen LogP contribution in [0.25, 0.3) is 0 Å². The van der Waals surface area contributed by atoms with Gasteiger partial charge in [0, 0.05) is 44.3 Å². The number of piperazine rings is 1. The van der Waals surface area contributed by atoms with Crippen molar-refractivity contribution in [3.8, 4) is 0 Å². The monoisotopic (exact) mass is 283 g/mol. The van der Waals surface area contributed by atoms with Gasteiger partial charge in [-0.15, -0.1) is 0 Å². The highest BCUT2D eigenvalue weighted by Gasteiger charge is 2.40. The zero-order valence-electron chi connectivity index (χ0n) is 13.6. The third-order valence-corrected chi connectivity index (χ3v) is 4.98. The predicted octanol–water partition coefficient (Wildman–Crippen LogP) is 1.15. The average Bonchev–Trinajstić information content (AvgIpc) is 2.84. The first-order chi connectivity index (χ1) is 9.58. The maximum atomic E-state index is 9.72. The molecule has 0 aromatic heterocycles. The second kappa shape index (κ2) is 7.21. The molecule has 2 fully saturated rings. The topological polar surface area (TPSA) is 38.7 Å². The largest absolute Gasteiger partial charge is 0.394 e. The standard InChI is InChI=1S/C16H33N3O/c1-4-17-16(13-20)6-5-15(11-16)19-9-7-18(8-10-19)12-14(2)3/h14-15,17,20H,4-13H2,1-3H3. The molecule has 1 aliphatic heterocycles. The van der Waals surface area contributed by atoms with E-state index in [0.717, 1.165) is 25.3 Å². The fourth-order valence-electron chi connectivity index (χ4n) is 3.97. The number of hydrogen-bond acceptors (Lipinski definition) is 4. The molecule has 2 N–H and O–H groups in total. The molecule has 0 aromatic carbocycles. The van der Waals surface area contributed by atoms with Crippen LogP contribution in [0, 0.1) is 5.92 Å². The van der Waals surface area contributed by atoms with Gasteiger partial charge in [0.1, 0.15) is 0 Å². The molecule has 20 heavy (non-hydrogen) atoms. The van der Waals surface area contributed by atoms with E-state index in [1.54, 1.807) is 0 Å². The maximum Gasteiger partial charge on any atom is 0.0613 e. The molecule has 0 spiro atoms. The van der Waals surface area contributed by atoms with Crippen molar-refractivity contribution in [2.45, 2.75) is 51.6 Å². The molecule has 2 atom stereocenters. The van der Waals surface area contributed by atoms with Gasteiger partial charge in [-0.05, 0) is 31.7 Å². The van der Waals surface area contributed by atoms with Crippen LogP contribution in [0.2, 0.25) is 0 Å². The molecular weight excluding hydrogens is 250 g/mol. The molecule has 4 heteroatoms. The van der Waals surface area contributed by atoms with Gasteiger partial charge in [0.25, 0.3) is 0 Å². The zero-order chi connectivity index (χ0) is 14.6. The Kier molecular flexibility index (Phi) is 5.84. The van der Waals surface area contributed by atoms with Crippen LogP contribution in [0.4, 0.5) is 0 Å². The van der Waals surface area contributed by atoms with E-state index in [2.05, 4.69) is 35.9 Å². The second-order valence-electron chi connectivity index (χ2n) is 7.10. The quantitative estimate of drug-likeness (QED) is 0.767. The summed E-state index contributed by atoms with van der Waals surface area (Å²) in [5.74, 6) is 0.767. The third-order valence-electron chi connectivity index (χ3n) is 4.98. The number of aliphatic hydroxyl groups is 1. The van der Waals surface area contributed by atoms with E-state index in [4.69, 9.17) is 0 Å². The van der Waals surface area contributed by atoms with Crippen molar-refractivity contribution in [1.82, 2.24) is 15.1 Å². The van der Waals surface area contributed by atoms with Crippen molar-refractivity contribution in [2.75, 3.05) is 45.9 Å². The fraction of sp³-hybridized carbons (Fsp3) is 1.00. The number of hydrogen-bond donors (Lipinski definition) is 2. The van der Waals surface area contributed by atoms with Crippen LogP contribution in [0.1, 0.15) is 40.0 Å². The van der Waals surface area contributed by atoms with Crippen LogP contribution in [-0.2, 0) is 0 Å². The van der Waals surface area contributed by atoms with E-state index in [9.17, 15) is 5.11 Å². The summed E-state index contributed by atoms with van der Waals surface area (Å²) in [6, 6.07) is 0.669. The highest BCUT2D eigenvalue weighted by Crippen LogP contribution is 2.33. The Morgan fingerprint density at radius 1 is 1.25 bits per heavy atom. The van der Waals surface area contributed by atoms with E-state index >= 15 is 0 Å². The first kappa shape index (κ1) is 16.2. The van der Waals surface area contributed by atoms with E-state index in [-0.39, 0.29) is 12.1 Å². The highest BCUT2D eigenvalue weighted by molar-refractivity contribution is 4.99. The smallest absolute Gasteiger partial charge is 0.0613 e. The Morgan fingerprint density at radius 3 is 2.50 bits per heavy atom. The van der Waals surface area contributed by atoms with E-state index in [1.807, 2.05) is 0 Å². The Balaban J connectivity index is 1.80. The van der Waals surface area contributed by atoms with Gasteiger partial charge < -0.3 is 15.3 Å². The van der Waals surface area contributed by atoms with Gasteiger partial charge in [-0.1, -0.05) is 20.8 Å². The van der Waals surface area contributed by atoms with Crippen molar-refractivity contribution < 1.29 is 5.11 Å². The summed E-state index contributed by atoms with van der Waals surface area (Å²) in [6.45, 7) is 14.0. The summed E-state index contributed by atoms with van der Waals surface area (Å²) in [5, 5.41) is 13.2. The number of nitrogens with zero attached hydrogens (tertiary/aromatic N) is 2. The number of likely N-dealkylation sites (N-methyl/N-ethyl adjacent to an activating group) is 1. The predicted molar refractivity (Wildman–Crippen MR) is 84.0 cm³/mol. The van der Waals surface area contributed by atoms with Crippen molar-refractivity contribution in [1.29, 1.82) is 0 Å². The van der Waals surface area contributed by atoms with Crippen molar-refractivity contribution >= 4 is 0 Å². The van der Waals surface area contributed by atoms with E-state index < -0.39 is 0 Å². The van der Waals surface area contributed by atoms with Gasteiger partial charge in [0.15, 0.2) is 0 Å². The van der Waals surface area contributed by atoms with Gasteiger partial charge in [-0.2, -0.15) is 0 Å². The van der Waals surface area contributed by atoms with Gasteiger partial charge in [0.2, 0.25) is 0 Å². The lowest BCUT2D eigenvalue weighted by molar-refractivity contribution is 0.0826. The van der Waals surface area contributed by atoms with Gasteiger partial charge in [-0.3, -0.25) is 4.90 Å². The molecule has 0 amide bonds. The molecule has 2 aliphatic rings. The molecule has 0 bridgehead atoms. The first-order valence-corrected chi connectivity index (χ1v) is 8.41. The summed E-state index contributed by atoms with van der Waals surface area (Å²) >= 11 is 0. The van der Waals surface area contributed by atoms with Crippen LogP contribution in [0.15, 0.2) is 0 Å². The molecule has 4 nitrogen and oxygen atoms in total. The summed E-state index contributed by atoms with van der Waals surface area (Å²) in [7, 11) is 0. The second-order valence-corrected chi connectivity index (χ2v) is 7.10. The molecular formula is C16H33N3O. The normalized spacial score (nSPS) is 33.1. The first-order valence-electron chi connectivity index (χ1n) is 8.41. The Labute approximate surface area is 124 Å². The Bertz CT molecular complexity index is 289. The van der Waals surface area contributed by atoms with Gasteiger partial charge in [0.05, 0.1) is 6.61 Å². The summed E-state index contributed by atoms with van der Waals surface area (Å²) < 4.78 is 0. The SMILES string of the molecule is CCNC1(CO)CCC(N2CCN(CC(C)C)CC2)C1. The molecule has 2 rings (SSSR count). The molecule has 1 heterocycles. The Morgan fingerprint density at radius 2 is 1.95 bits per heavy atom. The summed E-state index contributed by atoms with van der Waals surface area (Å²) in [5.41, 5.74) is -0.00547. The Hall–Kier alpha value is -0.160. The number of nitrogens with one attached hydrogen (secondary N) is 1. The summed E-state index contributed by atoms with van der Waals surface area (Å²) in [4.78, 5) is 5.26. The highest BCUT2D eigenvalue weighted by atomic mass is 16.3. The number of aliphatic hydroxyl groups excluding tert-OH is 1. The minimum Gasteiger partial charge on any atom is -0.394 e. The van der Waals surface area contributed by atoms with E-state index in [0.29, 0.717) is 6.04 Å². The van der Waals surface area contributed by atoms with Crippen molar-refractivity contribution in [3.63, 3.8) is 0 Å². The van der Waals surface area contributed by atoms with Crippen LogP contribution in [0.3, 0.4) is 0 Å². The van der Waals surface area contributed by atoms with Crippen LogP contribution in [-0.4, -0.2) is 72.4 Å². The minimum atomic E-state index is -0.00547. The summed E-state index contributed by atoms with van der Waals surface area (Å²) in [6.07, 6.45) is 3.47. The van der Waals surface area contributed by atoms with E-state index in [1.165, 1.54) is 39.1 Å². The molecule has 0 aromatic rings. The maximum absolute atomic E-state index is 9.72. The molecule has 1 aliphatic carbocycles. The van der Waals surface area contributed by atoms with Crippen molar-refractivity contribution in [3.05, 3.63) is 0 Å². The van der Waals surface area contributed by atoms with Crippen LogP contribution >= 0.6 is 0 Å². The lowest BCUT2D eigenvalue weighted by Gasteiger charge is -2.39. The lowest BCUT2D eigenvalue weighted by atomic mass is 9.98. The molecule has 2 unspecified atom stereocenters. The van der Waals surface area contributed by atoms with Crippen LogP contribution < -0.4 is 5.32 Å². The average molecular weight is 283 g/mol. The fourth-order valence-corrected chi connectivity index (χ4v) is 3.97. The zero-order valence-corrected chi connectivity index (χ0v) is 13.6. The molecule has 0 radical (unpaired) electrons. The molecule has 118 valence electrons. The minimum absolute atomic E-state index is 0.00547. The molecule has 1 saturated carbocycles. The van der Waals surface area contributed by atoms with Gasteiger partial charge >= 0.3 is 0 Å². The third kappa shape index (κ3) is 3.94. The van der Waals surface area contributed by atoms with Crippen molar-refractivity contribution in [2.24, 2.45) is 5.92 Å². The number of rotatable bonds is 6.